The third-order valence-electron chi connectivity index (χ3n) is 3.20. The monoisotopic (exact) mass is 290 g/mol. The van der Waals surface area contributed by atoms with Crippen molar-refractivity contribution in [2.75, 3.05) is 10.5 Å². The molecule has 0 fully saturated rings. The molecule has 0 aliphatic rings. The molecule has 0 heterocycles. The largest absolute Gasteiger partial charge is 0.399 e. The highest BCUT2D eigenvalue weighted by Crippen LogP contribution is 2.24. The Morgan fingerprint density at radius 1 is 1.05 bits per heavy atom. The Kier molecular flexibility index (Phi) is 3.72. The van der Waals surface area contributed by atoms with Gasteiger partial charge in [-0.15, -0.1) is 0 Å². The molecule has 20 heavy (non-hydrogen) atoms. The van der Waals surface area contributed by atoms with E-state index >= 15 is 0 Å². The summed E-state index contributed by atoms with van der Waals surface area (Å²) in [5.41, 5.74) is 9.29. The van der Waals surface area contributed by atoms with Crippen LogP contribution in [0.1, 0.15) is 16.7 Å². The first-order chi connectivity index (χ1) is 9.29. The lowest BCUT2D eigenvalue weighted by atomic mass is 10.1. The second-order valence-electron chi connectivity index (χ2n) is 4.94. The van der Waals surface area contributed by atoms with Gasteiger partial charge in [0.05, 0.1) is 4.90 Å². The van der Waals surface area contributed by atoms with Crippen LogP contribution in [-0.4, -0.2) is 8.42 Å². The van der Waals surface area contributed by atoms with Gasteiger partial charge in [0.2, 0.25) is 0 Å². The van der Waals surface area contributed by atoms with Gasteiger partial charge in [-0.25, -0.2) is 8.42 Å². The Hall–Kier alpha value is -2.01. The highest BCUT2D eigenvalue weighted by molar-refractivity contribution is 7.92. The smallest absolute Gasteiger partial charge is 0.262 e. The molecular weight excluding hydrogens is 272 g/mol. The lowest BCUT2D eigenvalue weighted by molar-refractivity contribution is 0.600. The van der Waals surface area contributed by atoms with Gasteiger partial charge in [-0.2, -0.15) is 0 Å². The van der Waals surface area contributed by atoms with Crippen LogP contribution in [-0.2, 0) is 10.0 Å². The molecule has 0 saturated carbocycles. The van der Waals surface area contributed by atoms with Crippen LogP contribution >= 0.6 is 0 Å². The van der Waals surface area contributed by atoms with Gasteiger partial charge in [0, 0.05) is 11.4 Å². The maximum absolute atomic E-state index is 12.5. The maximum atomic E-state index is 12.5. The molecule has 0 radical (unpaired) electrons. The zero-order valence-corrected chi connectivity index (χ0v) is 12.6. The molecule has 0 bridgehead atoms. The number of sulfonamides is 1. The summed E-state index contributed by atoms with van der Waals surface area (Å²) in [6.45, 7) is 5.53. The molecule has 4 nitrogen and oxygen atoms in total. The molecule has 2 aromatic carbocycles. The Balaban J connectivity index is 2.46. The van der Waals surface area contributed by atoms with Crippen molar-refractivity contribution in [2.24, 2.45) is 0 Å². The summed E-state index contributed by atoms with van der Waals surface area (Å²) in [6, 6.07) is 10.5. The second kappa shape index (κ2) is 5.17. The van der Waals surface area contributed by atoms with Gasteiger partial charge in [-0.3, -0.25) is 4.72 Å². The zero-order chi connectivity index (χ0) is 14.9. The van der Waals surface area contributed by atoms with Gasteiger partial charge in [0.25, 0.3) is 10.0 Å². The average molecular weight is 290 g/mol. The van der Waals surface area contributed by atoms with E-state index in [0.29, 0.717) is 16.9 Å². The molecule has 0 aliphatic heterocycles. The van der Waals surface area contributed by atoms with Crippen molar-refractivity contribution >= 4 is 21.4 Å². The van der Waals surface area contributed by atoms with Gasteiger partial charge in [-0.1, -0.05) is 12.1 Å². The fourth-order valence-corrected chi connectivity index (χ4v) is 3.45. The molecule has 3 N–H and O–H groups in total. The van der Waals surface area contributed by atoms with Crippen LogP contribution in [0, 0.1) is 20.8 Å². The number of nitrogen functional groups attached to an aromatic ring is 1. The van der Waals surface area contributed by atoms with Crippen molar-refractivity contribution in [3.8, 4) is 0 Å². The summed E-state index contributed by atoms with van der Waals surface area (Å²) in [7, 11) is -3.64. The summed E-state index contributed by atoms with van der Waals surface area (Å²) in [4.78, 5) is 0.219. The Labute approximate surface area is 119 Å². The van der Waals surface area contributed by atoms with Crippen molar-refractivity contribution < 1.29 is 8.42 Å². The molecule has 0 amide bonds. The van der Waals surface area contributed by atoms with Gasteiger partial charge in [0.1, 0.15) is 0 Å². The van der Waals surface area contributed by atoms with E-state index in [1.165, 1.54) is 6.07 Å². The van der Waals surface area contributed by atoms with E-state index in [2.05, 4.69) is 4.72 Å². The Bertz CT molecular complexity index is 752. The van der Waals surface area contributed by atoms with Crippen molar-refractivity contribution in [2.45, 2.75) is 25.7 Å². The lowest BCUT2D eigenvalue weighted by Gasteiger charge is -2.13. The number of nitrogens with two attached hydrogens (primary N) is 1. The molecule has 0 atom stereocenters. The number of hydrogen-bond donors (Lipinski definition) is 2. The van der Waals surface area contributed by atoms with Crippen LogP contribution in [0.15, 0.2) is 41.3 Å². The highest BCUT2D eigenvalue weighted by atomic mass is 32.2. The molecule has 106 valence electrons. The minimum atomic E-state index is -3.64. The summed E-state index contributed by atoms with van der Waals surface area (Å²) in [5, 5.41) is 0. The molecule has 0 saturated heterocycles. The third-order valence-corrected chi connectivity index (χ3v) is 4.71. The topological polar surface area (TPSA) is 72.2 Å². The van der Waals surface area contributed by atoms with Crippen molar-refractivity contribution in [1.82, 2.24) is 0 Å². The van der Waals surface area contributed by atoms with E-state index in [4.69, 9.17) is 5.73 Å². The number of hydrogen-bond acceptors (Lipinski definition) is 3. The van der Waals surface area contributed by atoms with Gasteiger partial charge >= 0.3 is 0 Å². The Morgan fingerprint density at radius 2 is 1.75 bits per heavy atom. The van der Waals surface area contributed by atoms with Crippen molar-refractivity contribution in [3.05, 3.63) is 53.1 Å². The molecular formula is C15H18N2O2S. The standard InChI is InChI=1S/C15H18N2O2S/c1-10-5-4-6-14(7-10)17-20(18,19)15-9-13(16)8-11(2)12(15)3/h4-9,17H,16H2,1-3H3. The molecule has 5 heteroatoms. The molecule has 2 rings (SSSR count). The minimum absolute atomic E-state index is 0.219. The van der Waals surface area contributed by atoms with Gasteiger partial charge in [-0.05, 0) is 61.7 Å². The van der Waals surface area contributed by atoms with E-state index in [1.54, 1.807) is 25.1 Å². The normalized spacial score (nSPS) is 11.3. The summed E-state index contributed by atoms with van der Waals surface area (Å²) < 4.78 is 27.5. The summed E-state index contributed by atoms with van der Waals surface area (Å²) in [6.07, 6.45) is 0. The quantitative estimate of drug-likeness (QED) is 0.854. The van der Waals surface area contributed by atoms with Crippen LogP contribution in [0.3, 0.4) is 0 Å². The third kappa shape index (κ3) is 2.93. The summed E-state index contributed by atoms with van der Waals surface area (Å²) in [5.74, 6) is 0. The molecule has 0 aromatic heterocycles. The van der Waals surface area contributed by atoms with Gasteiger partial charge < -0.3 is 5.73 Å². The number of nitrogens with one attached hydrogen (secondary N) is 1. The lowest BCUT2D eigenvalue weighted by Crippen LogP contribution is -2.15. The van der Waals surface area contributed by atoms with Crippen LogP contribution in [0.2, 0.25) is 0 Å². The SMILES string of the molecule is Cc1cccc(NS(=O)(=O)c2cc(N)cc(C)c2C)c1. The summed E-state index contributed by atoms with van der Waals surface area (Å²) >= 11 is 0. The first-order valence-corrected chi connectivity index (χ1v) is 7.74. The molecule has 2 aromatic rings. The van der Waals surface area contributed by atoms with E-state index in [1.807, 2.05) is 26.0 Å². The highest BCUT2D eigenvalue weighted by Gasteiger charge is 2.18. The minimum Gasteiger partial charge on any atom is -0.399 e. The van der Waals surface area contributed by atoms with Gasteiger partial charge in [0.15, 0.2) is 0 Å². The number of benzene rings is 2. The average Bonchev–Trinajstić information content (AvgIpc) is 2.33. The van der Waals surface area contributed by atoms with Crippen LogP contribution in [0.4, 0.5) is 11.4 Å². The zero-order valence-electron chi connectivity index (χ0n) is 11.8. The Morgan fingerprint density at radius 3 is 2.40 bits per heavy atom. The first-order valence-electron chi connectivity index (χ1n) is 6.26. The van der Waals surface area contributed by atoms with Crippen LogP contribution < -0.4 is 10.5 Å². The van der Waals surface area contributed by atoms with E-state index < -0.39 is 10.0 Å². The molecule has 0 aliphatic carbocycles. The predicted molar refractivity (Wildman–Crippen MR) is 82.3 cm³/mol. The van der Waals surface area contributed by atoms with E-state index in [-0.39, 0.29) is 4.90 Å². The molecule has 0 spiro atoms. The van der Waals surface area contributed by atoms with Crippen molar-refractivity contribution in [1.29, 1.82) is 0 Å². The van der Waals surface area contributed by atoms with Crippen LogP contribution in [0.25, 0.3) is 0 Å². The number of anilines is 2. The first kappa shape index (κ1) is 14.4. The second-order valence-corrected chi connectivity index (χ2v) is 6.59. The fraction of sp³-hybridized carbons (Fsp3) is 0.200. The number of rotatable bonds is 3. The van der Waals surface area contributed by atoms with Crippen molar-refractivity contribution in [3.63, 3.8) is 0 Å². The van der Waals surface area contributed by atoms with E-state index in [0.717, 1.165) is 11.1 Å². The van der Waals surface area contributed by atoms with E-state index in [9.17, 15) is 8.42 Å². The fourth-order valence-electron chi connectivity index (χ4n) is 2.05. The number of aryl methyl sites for hydroxylation is 2. The predicted octanol–water partition coefficient (Wildman–Crippen LogP) is 2.99. The maximum Gasteiger partial charge on any atom is 0.262 e. The van der Waals surface area contributed by atoms with Crippen LogP contribution in [0.5, 0.6) is 0 Å². The molecule has 0 unspecified atom stereocenters.